The number of carbonyl (C=O) groups excluding carboxylic acids is 1. The summed E-state index contributed by atoms with van der Waals surface area (Å²) in [6.45, 7) is -0.370. The molecule has 2 N–H and O–H groups in total. The molecule has 2 rings (SSSR count). The molecule has 7 nitrogen and oxygen atoms in total. The molecule has 1 amide bonds. The number of ether oxygens (including phenoxy) is 1. The molecule has 0 atom stereocenters. The fraction of sp³-hybridized carbons (Fsp3) is 0.188. The van der Waals surface area contributed by atoms with Gasteiger partial charge < -0.3 is 19.7 Å². The lowest BCUT2D eigenvalue weighted by Gasteiger charge is -2.06. The van der Waals surface area contributed by atoms with Gasteiger partial charge in [0.05, 0.1) is 12.2 Å². The number of aliphatic carboxylic acids is 1. The first-order valence-corrected chi connectivity index (χ1v) is 6.86. The van der Waals surface area contributed by atoms with Crippen molar-refractivity contribution in [3.05, 3.63) is 53.1 Å². The number of nitriles is 1. The highest BCUT2D eigenvalue weighted by Crippen LogP contribution is 2.16. The second kappa shape index (κ2) is 7.39. The third-order valence-electron chi connectivity index (χ3n) is 3.13. The molecule has 0 unspecified atom stereocenters. The number of anilines is 1. The van der Waals surface area contributed by atoms with Crippen LogP contribution in [0.15, 0.2) is 30.5 Å². The van der Waals surface area contributed by atoms with Gasteiger partial charge in [-0.25, -0.2) is 9.18 Å². The van der Waals surface area contributed by atoms with Crippen molar-refractivity contribution in [2.75, 3.05) is 11.9 Å². The third-order valence-corrected chi connectivity index (χ3v) is 3.13. The van der Waals surface area contributed by atoms with E-state index in [0.717, 1.165) is 6.07 Å². The van der Waals surface area contributed by atoms with Crippen molar-refractivity contribution < 1.29 is 23.8 Å². The van der Waals surface area contributed by atoms with E-state index in [1.165, 1.54) is 12.1 Å². The monoisotopic (exact) mass is 331 g/mol. The molecule has 0 saturated heterocycles. The van der Waals surface area contributed by atoms with Gasteiger partial charge in [0.1, 0.15) is 24.2 Å². The Kier molecular flexibility index (Phi) is 5.29. The minimum absolute atomic E-state index is 0.0581. The fourth-order valence-electron chi connectivity index (χ4n) is 2.08. The van der Waals surface area contributed by atoms with Gasteiger partial charge in [-0.3, -0.25) is 4.79 Å². The van der Waals surface area contributed by atoms with Crippen molar-refractivity contribution >= 4 is 17.6 Å². The molecule has 2 aromatic rings. The molecule has 0 fully saturated rings. The topological polar surface area (TPSA) is 104 Å². The van der Waals surface area contributed by atoms with Crippen molar-refractivity contribution in [3.8, 4) is 6.07 Å². The zero-order chi connectivity index (χ0) is 17.7. The standard InChI is InChI=1S/C16H14FN3O4/c1-20-7-10(8-24-9-15(21)22)4-14(20)16(23)19-12-2-3-13(17)11(5-12)6-18/h2-5,7H,8-9H2,1H3,(H,19,23)(H,21,22). The average Bonchev–Trinajstić information content (AvgIpc) is 2.89. The Morgan fingerprint density at radius 2 is 2.17 bits per heavy atom. The molecule has 8 heteroatoms. The molecule has 0 spiro atoms. The van der Waals surface area contributed by atoms with Gasteiger partial charge in [-0.05, 0) is 29.8 Å². The first-order valence-electron chi connectivity index (χ1n) is 6.86. The van der Waals surface area contributed by atoms with E-state index in [9.17, 15) is 14.0 Å². The maximum absolute atomic E-state index is 13.3. The maximum Gasteiger partial charge on any atom is 0.329 e. The van der Waals surface area contributed by atoms with E-state index in [4.69, 9.17) is 15.1 Å². The number of nitrogens with one attached hydrogen (secondary N) is 1. The summed E-state index contributed by atoms with van der Waals surface area (Å²) >= 11 is 0. The summed E-state index contributed by atoms with van der Waals surface area (Å²) in [6.07, 6.45) is 1.64. The Bertz CT molecular complexity index is 823. The molecule has 124 valence electrons. The first kappa shape index (κ1) is 17.2. The summed E-state index contributed by atoms with van der Waals surface area (Å²) in [5.41, 5.74) is 1.08. The van der Waals surface area contributed by atoms with Crippen LogP contribution in [0.1, 0.15) is 21.6 Å². The smallest absolute Gasteiger partial charge is 0.329 e. The highest BCUT2D eigenvalue weighted by molar-refractivity contribution is 6.03. The molecule has 1 aromatic carbocycles. The van der Waals surface area contributed by atoms with Crippen LogP contribution in [0.2, 0.25) is 0 Å². The van der Waals surface area contributed by atoms with Gasteiger partial charge in [-0.15, -0.1) is 0 Å². The van der Waals surface area contributed by atoms with Crippen LogP contribution in [0.25, 0.3) is 0 Å². The van der Waals surface area contributed by atoms with Crippen molar-refractivity contribution in [2.24, 2.45) is 7.05 Å². The number of amides is 1. The van der Waals surface area contributed by atoms with Crippen molar-refractivity contribution in [1.82, 2.24) is 4.57 Å². The molecule has 0 aliphatic rings. The van der Waals surface area contributed by atoms with Gasteiger partial charge in [-0.2, -0.15) is 5.26 Å². The third kappa shape index (κ3) is 4.18. The molecule has 0 saturated carbocycles. The normalized spacial score (nSPS) is 10.2. The number of benzene rings is 1. The van der Waals surface area contributed by atoms with Gasteiger partial charge in [0.25, 0.3) is 5.91 Å². The van der Waals surface area contributed by atoms with Crippen molar-refractivity contribution in [1.29, 1.82) is 5.26 Å². The summed E-state index contributed by atoms with van der Waals surface area (Å²) in [6, 6.07) is 6.96. The SMILES string of the molecule is Cn1cc(COCC(=O)O)cc1C(=O)Nc1ccc(F)c(C#N)c1. The number of hydrogen-bond acceptors (Lipinski definition) is 4. The van der Waals surface area contributed by atoms with E-state index in [-0.39, 0.29) is 12.2 Å². The summed E-state index contributed by atoms with van der Waals surface area (Å²) in [5, 5.41) is 19.9. The number of aryl methyl sites for hydroxylation is 1. The first-order chi connectivity index (χ1) is 11.4. The molecule has 1 heterocycles. The highest BCUT2D eigenvalue weighted by atomic mass is 19.1. The number of nitrogens with zero attached hydrogens (tertiary/aromatic N) is 2. The minimum Gasteiger partial charge on any atom is -0.480 e. The van der Waals surface area contributed by atoms with E-state index in [1.54, 1.807) is 29.9 Å². The molecule has 0 radical (unpaired) electrons. The van der Waals surface area contributed by atoms with Crippen LogP contribution in [-0.2, 0) is 23.2 Å². The molecule has 24 heavy (non-hydrogen) atoms. The van der Waals surface area contributed by atoms with Crippen molar-refractivity contribution in [3.63, 3.8) is 0 Å². The van der Waals surface area contributed by atoms with Crippen LogP contribution in [0.4, 0.5) is 10.1 Å². The Morgan fingerprint density at radius 1 is 1.42 bits per heavy atom. The van der Waals surface area contributed by atoms with Crippen LogP contribution < -0.4 is 5.32 Å². The van der Waals surface area contributed by atoms with Crippen LogP contribution in [-0.4, -0.2) is 28.2 Å². The van der Waals surface area contributed by atoms with Crippen LogP contribution in [0, 0.1) is 17.1 Å². The maximum atomic E-state index is 13.3. The van der Waals surface area contributed by atoms with E-state index in [1.807, 2.05) is 0 Å². The Balaban J connectivity index is 2.08. The minimum atomic E-state index is -1.08. The van der Waals surface area contributed by atoms with E-state index in [0.29, 0.717) is 16.9 Å². The van der Waals surface area contributed by atoms with Gasteiger partial charge >= 0.3 is 5.97 Å². The van der Waals surface area contributed by atoms with Crippen LogP contribution in [0.5, 0.6) is 0 Å². The van der Waals surface area contributed by atoms with Gasteiger partial charge in [0.2, 0.25) is 0 Å². The van der Waals surface area contributed by atoms with Gasteiger partial charge in [0.15, 0.2) is 0 Å². The van der Waals surface area contributed by atoms with Crippen molar-refractivity contribution in [2.45, 2.75) is 6.61 Å². The Hall–Kier alpha value is -3.18. The zero-order valence-corrected chi connectivity index (χ0v) is 12.7. The largest absolute Gasteiger partial charge is 0.480 e. The summed E-state index contributed by atoms with van der Waals surface area (Å²) in [4.78, 5) is 22.7. The number of hydrogen-bond donors (Lipinski definition) is 2. The van der Waals surface area contributed by atoms with Crippen LogP contribution >= 0.6 is 0 Å². The van der Waals surface area contributed by atoms with E-state index >= 15 is 0 Å². The van der Waals surface area contributed by atoms with E-state index < -0.39 is 24.3 Å². The zero-order valence-electron chi connectivity index (χ0n) is 12.7. The number of carboxylic acid groups (broad SMARTS) is 1. The lowest BCUT2D eigenvalue weighted by atomic mass is 10.2. The van der Waals surface area contributed by atoms with E-state index in [2.05, 4.69) is 5.32 Å². The number of rotatable bonds is 6. The average molecular weight is 331 g/mol. The summed E-state index contributed by atoms with van der Waals surface area (Å²) in [7, 11) is 1.65. The second-order valence-corrected chi connectivity index (χ2v) is 4.99. The predicted molar refractivity (Wildman–Crippen MR) is 81.8 cm³/mol. The molecule has 0 aliphatic carbocycles. The summed E-state index contributed by atoms with van der Waals surface area (Å²) < 4.78 is 19.8. The Morgan fingerprint density at radius 3 is 2.83 bits per heavy atom. The van der Waals surface area contributed by atoms with Gasteiger partial charge in [-0.1, -0.05) is 0 Å². The quantitative estimate of drug-likeness (QED) is 0.841. The van der Waals surface area contributed by atoms with Crippen LogP contribution in [0.3, 0.4) is 0 Å². The number of carbonyl (C=O) groups is 2. The lowest BCUT2D eigenvalue weighted by Crippen LogP contribution is -2.15. The second-order valence-electron chi connectivity index (χ2n) is 4.99. The molecule has 1 aromatic heterocycles. The van der Waals surface area contributed by atoms with Gasteiger partial charge in [0, 0.05) is 18.9 Å². The lowest BCUT2D eigenvalue weighted by molar-refractivity contribution is -0.142. The molecular weight excluding hydrogens is 317 g/mol. The summed E-state index contributed by atoms with van der Waals surface area (Å²) in [5.74, 6) is -2.18. The molecule has 0 bridgehead atoms. The number of carboxylic acids is 1. The fourth-order valence-corrected chi connectivity index (χ4v) is 2.08. The molecule has 0 aliphatic heterocycles. The highest BCUT2D eigenvalue weighted by Gasteiger charge is 2.13. The molecular formula is C16H14FN3O4. The Labute approximate surface area is 136 Å². The number of aromatic nitrogens is 1. The predicted octanol–water partition coefficient (Wildman–Crippen LogP) is 1.89. The number of halogens is 1.